The van der Waals surface area contributed by atoms with Gasteiger partial charge in [-0.25, -0.2) is 4.79 Å². The molecule has 0 aromatic heterocycles. The van der Waals surface area contributed by atoms with Gasteiger partial charge in [-0.05, 0) is 17.7 Å². The molecule has 1 N–H and O–H groups in total. The van der Waals surface area contributed by atoms with Crippen molar-refractivity contribution in [3.05, 3.63) is 84.4 Å². The number of benzene rings is 2. The van der Waals surface area contributed by atoms with Crippen molar-refractivity contribution in [1.82, 2.24) is 5.32 Å². The second-order valence-corrected chi connectivity index (χ2v) is 5.00. The third-order valence-electron chi connectivity index (χ3n) is 3.25. The van der Waals surface area contributed by atoms with E-state index in [0.29, 0.717) is 12.0 Å². The van der Waals surface area contributed by atoms with Gasteiger partial charge < -0.3 is 10.1 Å². The zero-order valence-corrected chi connectivity index (χ0v) is 12.8. The van der Waals surface area contributed by atoms with E-state index in [4.69, 9.17) is 4.74 Å². The summed E-state index contributed by atoms with van der Waals surface area (Å²) in [6.45, 7) is 3.64. The predicted octanol–water partition coefficient (Wildman–Crippen LogP) is 2.76. The van der Waals surface area contributed by atoms with Crippen LogP contribution >= 0.6 is 0 Å². The van der Waals surface area contributed by atoms with Crippen molar-refractivity contribution in [3.8, 4) is 0 Å². The van der Waals surface area contributed by atoms with E-state index >= 15 is 0 Å². The fourth-order valence-corrected chi connectivity index (χ4v) is 2.12. The van der Waals surface area contributed by atoms with E-state index in [1.165, 1.54) is 6.08 Å². The molecule has 0 heterocycles. The van der Waals surface area contributed by atoms with Crippen molar-refractivity contribution in [2.75, 3.05) is 6.61 Å². The van der Waals surface area contributed by atoms with E-state index in [0.717, 1.165) is 5.56 Å². The van der Waals surface area contributed by atoms with Gasteiger partial charge in [-0.2, -0.15) is 0 Å². The highest BCUT2D eigenvalue weighted by Crippen LogP contribution is 2.07. The van der Waals surface area contributed by atoms with Crippen LogP contribution in [0.2, 0.25) is 0 Å². The van der Waals surface area contributed by atoms with Crippen molar-refractivity contribution in [2.45, 2.75) is 12.5 Å². The quantitative estimate of drug-likeness (QED) is 0.632. The van der Waals surface area contributed by atoms with E-state index in [1.54, 1.807) is 24.3 Å². The second kappa shape index (κ2) is 8.54. The van der Waals surface area contributed by atoms with Gasteiger partial charge in [0.05, 0.1) is 0 Å². The molecule has 118 valence electrons. The van der Waals surface area contributed by atoms with Crippen LogP contribution in [-0.2, 0) is 16.0 Å². The summed E-state index contributed by atoms with van der Waals surface area (Å²) in [6, 6.07) is 17.5. The average molecular weight is 309 g/mol. The molecule has 2 aromatic rings. The molecule has 0 fully saturated rings. The topological polar surface area (TPSA) is 55.4 Å². The van der Waals surface area contributed by atoms with E-state index in [2.05, 4.69) is 11.9 Å². The molecule has 0 saturated heterocycles. The summed E-state index contributed by atoms with van der Waals surface area (Å²) in [7, 11) is 0. The summed E-state index contributed by atoms with van der Waals surface area (Å²) in [5.41, 5.74) is 1.45. The number of hydrogen-bond donors (Lipinski definition) is 1. The molecule has 0 aliphatic carbocycles. The third kappa shape index (κ3) is 5.11. The molecule has 0 unspecified atom stereocenters. The number of carbonyl (C=O) groups excluding carboxylic acids is 2. The highest BCUT2D eigenvalue weighted by molar-refractivity contribution is 5.96. The van der Waals surface area contributed by atoms with Gasteiger partial charge in [-0.1, -0.05) is 61.2 Å². The van der Waals surface area contributed by atoms with E-state index in [1.807, 2.05) is 36.4 Å². The van der Waals surface area contributed by atoms with Crippen LogP contribution in [0.5, 0.6) is 0 Å². The first kappa shape index (κ1) is 16.5. The molecule has 23 heavy (non-hydrogen) atoms. The first-order chi connectivity index (χ1) is 11.2. The number of rotatable bonds is 7. The summed E-state index contributed by atoms with van der Waals surface area (Å²) in [5, 5.41) is 2.74. The first-order valence-electron chi connectivity index (χ1n) is 7.38. The van der Waals surface area contributed by atoms with Gasteiger partial charge in [0.15, 0.2) is 0 Å². The van der Waals surface area contributed by atoms with Crippen molar-refractivity contribution < 1.29 is 14.3 Å². The van der Waals surface area contributed by atoms with Crippen LogP contribution in [-0.4, -0.2) is 24.5 Å². The fraction of sp³-hybridized carbons (Fsp3) is 0.158. The SMILES string of the molecule is C=CCOC(=O)[C@H](Cc1ccccc1)NC(=O)c1ccccc1. The standard InChI is InChI=1S/C19H19NO3/c1-2-13-23-19(22)17(14-15-9-5-3-6-10-15)20-18(21)16-11-7-4-8-12-16/h2-12,17H,1,13-14H2,(H,20,21)/t17-/m0/s1. The lowest BCUT2D eigenvalue weighted by Crippen LogP contribution is -2.43. The molecule has 1 amide bonds. The van der Waals surface area contributed by atoms with Crippen molar-refractivity contribution in [3.63, 3.8) is 0 Å². The molecule has 0 spiro atoms. The molecule has 0 saturated carbocycles. The number of amides is 1. The number of carbonyl (C=O) groups is 2. The predicted molar refractivity (Wildman–Crippen MR) is 89.0 cm³/mol. The van der Waals surface area contributed by atoms with Crippen LogP contribution in [0.25, 0.3) is 0 Å². The Labute approximate surface area is 135 Å². The average Bonchev–Trinajstić information content (AvgIpc) is 2.60. The fourth-order valence-electron chi connectivity index (χ4n) is 2.12. The van der Waals surface area contributed by atoms with Gasteiger partial charge >= 0.3 is 5.97 Å². The Kier molecular flexibility index (Phi) is 6.12. The first-order valence-corrected chi connectivity index (χ1v) is 7.38. The molecule has 0 radical (unpaired) electrons. The number of nitrogens with one attached hydrogen (secondary N) is 1. The Bertz CT molecular complexity index is 653. The Morgan fingerprint density at radius 3 is 2.26 bits per heavy atom. The summed E-state index contributed by atoms with van der Waals surface area (Å²) in [5.74, 6) is -0.778. The molecule has 2 rings (SSSR count). The zero-order valence-electron chi connectivity index (χ0n) is 12.8. The zero-order chi connectivity index (χ0) is 16.5. The maximum atomic E-state index is 12.3. The van der Waals surface area contributed by atoms with E-state index in [-0.39, 0.29) is 12.5 Å². The lowest BCUT2D eigenvalue weighted by molar-refractivity contribution is -0.144. The van der Waals surface area contributed by atoms with Gasteiger partial charge in [0, 0.05) is 12.0 Å². The van der Waals surface area contributed by atoms with Gasteiger partial charge in [0.25, 0.3) is 5.91 Å². The second-order valence-electron chi connectivity index (χ2n) is 5.00. The summed E-state index contributed by atoms with van der Waals surface area (Å²) >= 11 is 0. The Hall–Kier alpha value is -2.88. The van der Waals surface area contributed by atoms with Crippen LogP contribution in [0.15, 0.2) is 73.3 Å². The Balaban J connectivity index is 2.11. The molecule has 4 nitrogen and oxygen atoms in total. The van der Waals surface area contributed by atoms with Gasteiger partial charge in [0.2, 0.25) is 0 Å². The van der Waals surface area contributed by atoms with Gasteiger partial charge in [0.1, 0.15) is 12.6 Å². The number of hydrogen-bond acceptors (Lipinski definition) is 3. The van der Waals surface area contributed by atoms with Crippen LogP contribution in [0, 0.1) is 0 Å². The molecule has 2 aromatic carbocycles. The van der Waals surface area contributed by atoms with Crippen molar-refractivity contribution >= 4 is 11.9 Å². The van der Waals surface area contributed by atoms with Gasteiger partial charge in [-0.3, -0.25) is 4.79 Å². The minimum Gasteiger partial charge on any atom is -0.460 e. The van der Waals surface area contributed by atoms with Crippen LogP contribution in [0.1, 0.15) is 15.9 Å². The summed E-state index contributed by atoms with van der Waals surface area (Å²) in [4.78, 5) is 24.5. The molecule has 4 heteroatoms. The maximum absolute atomic E-state index is 12.3. The molecule has 0 aliphatic heterocycles. The number of esters is 1. The van der Waals surface area contributed by atoms with Gasteiger partial charge in [-0.15, -0.1) is 0 Å². The van der Waals surface area contributed by atoms with Crippen molar-refractivity contribution in [1.29, 1.82) is 0 Å². The van der Waals surface area contributed by atoms with Crippen LogP contribution < -0.4 is 5.32 Å². The Morgan fingerprint density at radius 1 is 1.04 bits per heavy atom. The summed E-state index contributed by atoms with van der Waals surface area (Å²) in [6.07, 6.45) is 1.87. The monoisotopic (exact) mass is 309 g/mol. The minimum atomic E-state index is -0.745. The third-order valence-corrected chi connectivity index (χ3v) is 3.25. The molecular formula is C19H19NO3. The number of ether oxygens (including phenoxy) is 1. The van der Waals surface area contributed by atoms with E-state index in [9.17, 15) is 9.59 Å². The molecule has 0 aliphatic rings. The van der Waals surface area contributed by atoms with Crippen LogP contribution in [0.3, 0.4) is 0 Å². The molecule has 0 bridgehead atoms. The molecular weight excluding hydrogens is 290 g/mol. The summed E-state index contributed by atoms with van der Waals surface area (Å²) < 4.78 is 5.09. The van der Waals surface area contributed by atoms with E-state index < -0.39 is 12.0 Å². The Morgan fingerprint density at radius 2 is 1.65 bits per heavy atom. The normalized spacial score (nSPS) is 11.3. The van der Waals surface area contributed by atoms with Crippen molar-refractivity contribution in [2.24, 2.45) is 0 Å². The van der Waals surface area contributed by atoms with Crippen LogP contribution in [0.4, 0.5) is 0 Å². The lowest BCUT2D eigenvalue weighted by atomic mass is 10.1. The minimum absolute atomic E-state index is 0.116. The maximum Gasteiger partial charge on any atom is 0.329 e. The largest absolute Gasteiger partial charge is 0.460 e. The lowest BCUT2D eigenvalue weighted by Gasteiger charge is -2.17. The molecule has 1 atom stereocenters. The highest BCUT2D eigenvalue weighted by atomic mass is 16.5. The highest BCUT2D eigenvalue weighted by Gasteiger charge is 2.23. The smallest absolute Gasteiger partial charge is 0.329 e.